The number of benzene rings is 1. The summed E-state index contributed by atoms with van der Waals surface area (Å²) in [6.07, 6.45) is -5.12. The van der Waals surface area contributed by atoms with Crippen LogP contribution in [0.25, 0.3) is 0 Å². The molecule has 1 atom stereocenters. The van der Waals surface area contributed by atoms with Crippen LogP contribution < -0.4 is 5.32 Å². The van der Waals surface area contributed by atoms with Crippen LogP contribution in [0.2, 0.25) is 0 Å². The van der Waals surface area contributed by atoms with E-state index in [0.717, 1.165) is 6.26 Å². The van der Waals surface area contributed by atoms with Gasteiger partial charge in [0.05, 0.1) is 17.4 Å². The maximum Gasteiger partial charge on any atom is 0.390 e. The third-order valence-corrected chi connectivity index (χ3v) is 3.74. The predicted molar refractivity (Wildman–Crippen MR) is 68.1 cm³/mol. The van der Waals surface area contributed by atoms with Crippen molar-refractivity contribution in [2.24, 2.45) is 0 Å². The minimum Gasteiger partial charge on any atom is -0.387 e. The van der Waals surface area contributed by atoms with Gasteiger partial charge in [0.25, 0.3) is 0 Å². The van der Waals surface area contributed by atoms with E-state index in [2.05, 4.69) is 5.32 Å². The van der Waals surface area contributed by atoms with Gasteiger partial charge in [0, 0.05) is 19.3 Å². The highest BCUT2D eigenvalue weighted by Crippen LogP contribution is 2.19. The highest BCUT2D eigenvalue weighted by atomic mass is 32.2. The van der Waals surface area contributed by atoms with E-state index in [9.17, 15) is 26.7 Å². The smallest absolute Gasteiger partial charge is 0.387 e. The van der Waals surface area contributed by atoms with Gasteiger partial charge in [-0.05, 0) is 17.7 Å². The van der Waals surface area contributed by atoms with E-state index < -0.39 is 28.5 Å². The lowest BCUT2D eigenvalue weighted by Gasteiger charge is -2.13. The zero-order chi connectivity index (χ0) is 15.4. The maximum atomic E-state index is 11.9. The molecule has 0 radical (unpaired) electrons. The van der Waals surface area contributed by atoms with Crippen LogP contribution in [0.15, 0.2) is 29.2 Å². The average Bonchev–Trinajstić information content (AvgIpc) is 2.32. The molecule has 20 heavy (non-hydrogen) atoms. The van der Waals surface area contributed by atoms with Crippen molar-refractivity contribution in [2.75, 3.05) is 19.3 Å². The second-order valence-electron chi connectivity index (χ2n) is 4.43. The molecule has 0 aromatic heterocycles. The van der Waals surface area contributed by atoms with E-state index in [1.165, 1.54) is 24.3 Å². The normalized spacial score (nSPS) is 14.2. The van der Waals surface area contributed by atoms with Gasteiger partial charge >= 0.3 is 6.18 Å². The fourth-order valence-corrected chi connectivity index (χ4v) is 2.15. The standard InChI is InChI=1S/C12H16F3NO3S/c1-20(18,19)10-4-2-9(3-5-10)11(17)8-16-7-6-12(13,14)15/h2-5,11,16-17H,6-8H2,1H3. The summed E-state index contributed by atoms with van der Waals surface area (Å²) in [5.74, 6) is 0. The van der Waals surface area contributed by atoms with Crippen molar-refractivity contribution in [1.29, 1.82) is 0 Å². The Morgan fingerprint density at radius 3 is 2.25 bits per heavy atom. The molecule has 0 spiro atoms. The summed E-state index contributed by atoms with van der Waals surface area (Å²) in [7, 11) is -3.30. The van der Waals surface area contributed by atoms with Crippen molar-refractivity contribution in [2.45, 2.75) is 23.6 Å². The number of hydrogen-bond donors (Lipinski definition) is 2. The first-order valence-electron chi connectivity index (χ1n) is 5.85. The van der Waals surface area contributed by atoms with Crippen molar-refractivity contribution < 1.29 is 26.7 Å². The highest BCUT2D eigenvalue weighted by Gasteiger charge is 2.26. The summed E-state index contributed by atoms with van der Waals surface area (Å²) in [5, 5.41) is 12.2. The van der Waals surface area contributed by atoms with E-state index in [1.807, 2.05) is 0 Å². The topological polar surface area (TPSA) is 66.4 Å². The van der Waals surface area contributed by atoms with Crippen molar-refractivity contribution in [3.8, 4) is 0 Å². The average molecular weight is 311 g/mol. The first-order valence-corrected chi connectivity index (χ1v) is 7.74. The summed E-state index contributed by atoms with van der Waals surface area (Å²) >= 11 is 0. The predicted octanol–water partition coefficient (Wildman–Crippen LogP) is 1.67. The SMILES string of the molecule is CS(=O)(=O)c1ccc(C(O)CNCCC(F)(F)F)cc1. The maximum absolute atomic E-state index is 11.9. The Kier molecular flexibility index (Phi) is 5.55. The van der Waals surface area contributed by atoms with Crippen LogP contribution in [-0.2, 0) is 9.84 Å². The van der Waals surface area contributed by atoms with Gasteiger partial charge in [-0.15, -0.1) is 0 Å². The molecular formula is C12H16F3NO3S. The van der Waals surface area contributed by atoms with E-state index >= 15 is 0 Å². The summed E-state index contributed by atoms with van der Waals surface area (Å²) in [6.45, 7) is -0.309. The molecule has 0 heterocycles. The van der Waals surface area contributed by atoms with Crippen LogP contribution in [0.5, 0.6) is 0 Å². The summed E-state index contributed by atoms with van der Waals surface area (Å²) < 4.78 is 58.2. The van der Waals surface area contributed by atoms with Crippen LogP contribution >= 0.6 is 0 Å². The van der Waals surface area contributed by atoms with E-state index in [0.29, 0.717) is 5.56 Å². The monoisotopic (exact) mass is 311 g/mol. The number of alkyl halides is 3. The third-order valence-electron chi connectivity index (χ3n) is 2.62. The molecule has 0 saturated heterocycles. The molecule has 0 fully saturated rings. The van der Waals surface area contributed by atoms with Gasteiger partial charge in [0.2, 0.25) is 0 Å². The van der Waals surface area contributed by atoms with Gasteiger partial charge in [-0.25, -0.2) is 8.42 Å². The molecule has 2 N–H and O–H groups in total. The van der Waals surface area contributed by atoms with Gasteiger partial charge in [-0.3, -0.25) is 0 Å². The molecule has 0 aliphatic heterocycles. The van der Waals surface area contributed by atoms with Crippen LogP contribution in [0.1, 0.15) is 18.1 Å². The fraction of sp³-hybridized carbons (Fsp3) is 0.500. The fourth-order valence-electron chi connectivity index (χ4n) is 1.52. The van der Waals surface area contributed by atoms with E-state index in [1.54, 1.807) is 0 Å². The van der Waals surface area contributed by atoms with Gasteiger partial charge in [-0.2, -0.15) is 13.2 Å². The van der Waals surface area contributed by atoms with Gasteiger partial charge in [0.1, 0.15) is 0 Å². The number of aliphatic hydroxyl groups is 1. The summed E-state index contributed by atoms with van der Waals surface area (Å²) in [4.78, 5) is 0.124. The van der Waals surface area contributed by atoms with Crippen LogP contribution in [0.4, 0.5) is 13.2 Å². The lowest BCUT2D eigenvalue weighted by Crippen LogP contribution is -2.26. The lowest BCUT2D eigenvalue weighted by molar-refractivity contribution is -0.133. The Labute approximate surface area is 115 Å². The van der Waals surface area contributed by atoms with Crippen molar-refractivity contribution in [1.82, 2.24) is 5.32 Å². The number of hydrogen-bond acceptors (Lipinski definition) is 4. The Morgan fingerprint density at radius 2 is 1.80 bits per heavy atom. The van der Waals surface area contributed by atoms with Crippen molar-refractivity contribution in [3.63, 3.8) is 0 Å². The Morgan fingerprint density at radius 1 is 1.25 bits per heavy atom. The zero-order valence-corrected chi connectivity index (χ0v) is 11.6. The number of nitrogens with one attached hydrogen (secondary N) is 1. The molecule has 1 rings (SSSR count). The summed E-state index contributed by atoms with van der Waals surface area (Å²) in [5.41, 5.74) is 0.442. The minimum atomic E-state index is -4.23. The Bertz CT molecular complexity index is 526. The highest BCUT2D eigenvalue weighted by molar-refractivity contribution is 7.90. The number of rotatable bonds is 6. The minimum absolute atomic E-state index is 0.0334. The number of halogens is 3. The van der Waals surface area contributed by atoms with Crippen molar-refractivity contribution >= 4 is 9.84 Å². The number of aliphatic hydroxyl groups excluding tert-OH is 1. The number of sulfone groups is 1. The molecule has 1 aromatic rings. The Hall–Kier alpha value is -1.12. The molecule has 1 unspecified atom stereocenters. The van der Waals surface area contributed by atoms with Gasteiger partial charge < -0.3 is 10.4 Å². The molecule has 1 aromatic carbocycles. The van der Waals surface area contributed by atoms with Crippen molar-refractivity contribution in [3.05, 3.63) is 29.8 Å². The molecule has 4 nitrogen and oxygen atoms in total. The molecule has 8 heteroatoms. The van der Waals surface area contributed by atoms with Gasteiger partial charge in [-0.1, -0.05) is 12.1 Å². The van der Waals surface area contributed by atoms with E-state index in [-0.39, 0.29) is 18.0 Å². The lowest BCUT2D eigenvalue weighted by atomic mass is 10.1. The molecule has 114 valence electrons. The quantitative estimate of drug-likeness (QED) is 0.784. The van der Waals surface area contributed by atoms with Crippen LogP contribution in [0.3, 0.4) is 0 Å². The molecule has 0 aliphatic rings. The molecular weight excluding hydrogens is 295 g/mol. The summed E-state index contributed by atoms with van der Waals surface area (Å²) in [6, 6.07) is 5.58. The second kappa shape index (κ2) is 6.55. The first kappa shape index (κ1) is 16.9. The molecule has 0 amide bonds. The first-order chi connectivity index (χ1) is 9.09. The Balaban J connectivity index is 2.50. The molecule has 0 aliphatic carbocycles. The van der Waals surface area contributed by atoms with Crippen LogP contribution in [-0.4, -0.2) is 39.0 Å². The zero-order valence-electron chi connectivity index (χ0n) is 10.8. The second-order valence-corrected chi connectivity index (χ2v) is 6.44. The van der Waals surface area contributed by atoms with Crippen LogP contribution in [0, 0.1) is 0 Å². The van der Waals surface area contributed by atoms with E-state index in [4.69, 9.17) is 0 Å². The largest absolute Gasteiger partial charge is 0.390 e. The molecule has 0 bridgehead atoms. The van der Waals surface area contributed by atoms with Gasteiger partial charge in [0.15, 0.2) is 9.84 Å². The third kappa shape index (κ3) is 5.89. The molecule has 0 saturated carbocycles.